The fourth-order valence-electron chi connectivity index (χ4n) is 8.01. The number of rotatable bonds is 10. The second-order valence-electron chi connectivity index (χ2n) is 14.6. The highest BCUT2D eigenvalue weighted by Crippen LogP contribution is 2.39. The molecule has 14 heteroatoms. The number of alkyl halides is 1. The van der Waals surface area contributed by atoms with Gasteiger partial charge in [0.05, 0.1) is 16.6 Å². The van der Waals surface area contributed by atoms with Gasteiger partial charge in [-0.1, -0.05) is 36.4 Å². The number of benzene rings is 4. The van der Waals surface area contributed by atoms with Crippen molar-refractivity contribution in [2.24, 2.45) is 5.92 Å². The van der Waals surface area contributed by atoms with Gasteiger partial charge < -0.3 is 20.0 Å². The molecular formula is C45H44ClF2N5O6. The van der Waals surface area contributed by atoms with E-state index in [1.54, 1.807) is 48.5 Å². The van der Waals surface area contributed by atoms with Crippen molar-refractivity contribution in [3.63, 3.8) is 0 Å². The van der Waals surface area contributed by atoms with E-state index in [9.17, 15) is 29.4 Å². The minimum Gasteiger partial charge on any atom is -0.508 e. The third-order valence-electron chi connectivity index (χ3n) is 11.0. The Morgan fingerprint density at radius 2 is 1.37 bits per heavy atom. The first-order valence-corrected chi connectivity index (χ1v) is 19.6. The van der Waals surface area contributed by atoms with Crippen molar-refractivity contribution in [1.29, 1.82) is 0 Å². The van der Waals surface area contributed by atoms with E-state index in [-0.39, 0.29) is 29.2 Å². The molecule has 0 radical (unpaired) electrons. The molecule has 3 N–H and O–H groups in total. The highest BCUT2D eigenvalue weighted by molar-refractivity contribution is 6.24. The fourth-order valence-corrected chi connectivity index (χ4v) is 8.20. The minimum absolute atomic E-state index is 0.0966. The zero-order valence-corrected chi connectivity index (χ0v) is 32.2. The Morgan fingerprint density at radius 1 is 0.780 bits per heavy atom. The lowest BCUT2D eigenvalue weighted by Gasteiger charge is -2.40. The van der Waals surface area contributed by atoms with Crippen LogP contribution in [0.4, 0.5) is 20.2 Å². The Balaban J connectivity index is 1.02. The van der Waals surface area contributed by atoms with Gasteiger partial charge in [0.1, 0.15) is 29.0 Å². The summed E-state index contributed by atoms with van der Waals surface area (Å²) in [5.41, 5.74) is 1.47. The molecule has 3 fully saturated rings. The SMILES string of the molecule is [2H]C1([2H])N(CC2CCN(c3ccc(C(=C(CCCl)c4ccc(O)cc4)c4ccc(O)cc4)cc3)CC2)C([2H])([2H])C([2H])([2H])N(c2c(F)cc3c(c2F)C(=O)N(C2CCC(=O)NC2=O)C3=O)C1([2H])[2H]. The van der Waals surface area contributed by atoms with Gasteiger partial charge in [0, 0.05) is 69.1 Å². The number of aromatic hydroxyl groups is 2. The number of nitrogens with zero attached hydrogens (tertiary/aromatic N) is 4. The third-order valence-corrected chi connectivity index (χ3v) is 11.2. The molecule has 0 saturated carbocycles. The Labute approximate surface area is 356 Å². The maximum Gasteiger partial charge on any atom is 0.265 e. The molecular weight excluding hydrogens is 780 g/mol. The summed E-state index contributed by atoms with van der Waals surface area (Å²) in [4.78, 5) is 53.6. The van der Waals surface area contributed by atoms with Crippen molar-refractivity contribution in [1.82, 2.24) is 15.1 Å². The highest BCUT2D eigenvalue weighted by Gasteiger charge is 2.47. The van der Waals surface area contributed by atoms with Crippen molar-refractivity contribution < 1.29 is 49.1 Å². The maximum atomic E-state index is 16.6. The van der Waals surface area contributed by atoms with E-state index in [1.165, 1.54) is 0 Å². The number of phenols is 2. The fraction of sp³-hybridized carbons (Fsp3) is 0.333. The summed E-state index contributed by atoms with van der Waals surface area (Å²) >= 11 is 6.30. The number of piperidine rings is 2. The van der Waals surface area contributed by atoms with Gasteiger partial charge in [-0.05, 0) is 102 Å². The number of nitrogens with one attached hydrogen (secondary N) is 1. The predicted molar refractivity (Wildman–Crippen MR) is 221 cm³/mol. The number of phenolic OH excluding ortho intramolecular Hbond substituents is 2. The van der Waals surface area contributed by atoms with Crippen LogP contribution < -0.4 is 15.1 Å². The number of allylic oxidation sites excluding steroid dienone is 1. The first-order chi connectivity index (χ1) is 31.5. The summed E-state index contributed by atoms with van der Waals surface area (Å²) in [6.07, 6.45) is 0.566. The van der Waals surface area contributed by atoms with Crippen LogP contribution in [0.3, 0.4) is 0 Å². The Kier molecular flexibility index (Phi) is 8.89. The van der Waals surface area contributed by atoms with Crippen LogP contribution in [0.15, 0.2) is 78.9 Å². The molecule has 11 nitrogen and oxygen atoms in total. The van der Waals surface area contributed by atoms with Gasteiger partial charge >= 0.3 is 0 Å². The molecule has 0 spiro atoms. The zero-order chi connectivity index (χ0) is 48.5. The van der Waals surface area contributed by atoms with E-state index in [4.69, 9.17) is 22.6 Å². The van der Waals surface area contributed by atoms with Gasteiger partial charge in [0.25, 0.3) is 11.8 Å². The number of imide groups is 2. The highest BCUT2D eigenvalue weighted by atomic mass is 35.5. The summed E-state index contributed by atoms with van der Waals surface area (Å²) in [5, 5.41) is 22.0. The molecule has 4 aromatic rings. The summed E-state index contributed by atoms with van der Waals surface area (Å²) < 4.78 is 104. The second-order valence-corrected chi connectivity index (χ2v) is 15.0. The summed E-state index contributed by atoms with van der Waals surface area (Å²) in [6.45, 7) is -14.1. The van der Waals surface area contributed by atoms with Crippen LogP contribution in [0, 0.1) is 17.6 Å². The molecule has 1 unspecified atom stereocenters. The van der Waals surface area contributed by atoms with Crippen LogP contribution >= 0.6 is 11.6 Å². The molecule has 4 aliphatic heterocycles. The van der Waals surface area contributed by atoms with E-state index >= 15 is 8.78 Å². The Morgan fingerprint density at radius 3 is 1.97 bits per heavy atom. The summed E-state index contributed by atoms with van der Waals surface area (Å²) in [5.74, 6) is -8.24. The van der Waals surface area contributed by atoms with Crippen LogP contribution in [0.25, 0.3) is 11.1 Å². The molecule has 4 amide bonds. The van der Waals surface area contributed by atoms with Crippen molar-refractivity contribution >= 4 is 57.8 Å². The monoisotopic (exact) mass is 831 g/mol. The molecule has 0 aliphatic carbocycles. The quantitative estimate of drug-likeness (QED) is 0.0944. The van der Waals surface area contributed by atoms with Crippen LogP contribution in [-0.2, 0) is 9.59 Å². The number of carbonyl (C=O) groups excluding carboxylic acids is 4. The minimum atomic E-state index is -3.73. The smallest absolute Gasteiger partial charge is 0.265 e. The van der Waals surface area contributed by atoms with Gasteiger partial charge in [-0.2, -0.15) is 0 Å². The van der Waals surface area contributed by atoms with Crippen LogP contribution in [-0.4, -0.2) is 101 Å². The van der Waals surface area contributed by atoms with Crippen molar-refractivity contribution in [3.8, 4) is 11.5 Å². The van der Waals surface area contributed by atoms with E-state index in [2.05, 4.69) is 4.90 Å². The zero-order valence-electron chi connectivity index (χ0n) is 39.5. The van der Waals surface area contributed by atoms with Gasteiger partial charge in [-0.3, -0.25) is 34.3 Å². The molecule has 4 aliphatic rings. The molecule has 3 saturated heterocycles. The average Bonchev–Trinajstić information content (AvgIpc) is 3.52. The van der Waals surface area contributed by atoms with Crippen molar-refractivity contribution in [3.05, 3.63) is 118 Å². The van der Waals surface area contributed by atoms with Crippen LogP contribution in [0.2, 0.25) is 0 Å². The lowest BCUT2D eigenvalue weighted by molar-refractivity contribution is -0.136. The first kappa shape index (κ1) is 31.2. The van der Waals surface area contributed by atoms with Gasteiger partial charge in [0.15, 0.2) is 5.82 Å². The standard InChI is InChI=1S/C45H44ClF2N5O6/c46-18-15-34(28-3-9-32(54)10-4-28)39(30-5-11-33(55)12-6-30)29-1-7-31(8-2-29)51-19-16-27(17-20-51)26-50-21-23-52(24-22-50)42-36(47)25-35-40(41(42)48)45(59)53(44(35)58)37-13-14-38(56)49-43(37)57/h1-12,25,27,37,54-55H,13-24,26H2,(H,49,56,57)/i21D2,22D2,23D2,24D2. The van der Waals surface area contributed by atoms with Gasteiger partial charge in [-0.15, -0.1) is 11.6 Å². The normalized spacial score (nSPS) is 25.0. The molecule has 4 heterocycles. The van der Waals surface area contributed by atoms with Crippen LogP contribution in [0.1, 0.15) is 80.5 Å². The largest absolute Gasteiger partial charge is 0.508 e. The second kappa shape index (κ2) is 16.8. The average molecular weight is 832 g/mol. The number of hydrogen-bond donors (Lipinski definition) is 3. The first-order valence-electron chi connectivity index (χ1n) is 23.1. The Bertz CT molecular complexity index is 2660. The Hall–Kier alpha value is -5.79. The number of halogens is 3. The number of piperazine rings is 1. The lowest BCUT2D eigenvalue weighted by Crippen LogP contribution is -2.54. The number of anilines is 2. The van der Waals surface area contributed by atoms with E-state index in [0.717, 1.165) is 33.5 Å². The lowest BCUT2D eigenvalue weighted by atomic mass is 9.88. The van der Waals surface area contributed by atoms with Gasteiger partial charge in [0.2, 0.25) is 11.8 Å². The number of fused-ring (bicyclic) bond motifs is 1. The molecule has 306 valence electrons. The predicted octanol–water partition coefficient (Wildman–Crippen LogP) is 6.40. The van der Waals surface area contributed by atoms with Crippen LogP contribution in [0.5, 0.6) is 11.5 Å². The third kappa shape index (κ3) is 8.01. The summed E-state index contributed by atoms with van der Waals surface area (Å²) in [7, 11) is 0. The molecule has 4 aromatic carbocycles. The molecule has 0 bridgehead atoms. The van der Waals surface area contributed by atoms with Crippen molar-refractivity contribution in [2.75, 3.05) is 61.3 Å². The van der Waals surface area contributed by atoms with Crippen molar-refractivity contribution in [2.45, 2.75) is 38.1 Å². The molecule has 59 heavy (non-hydrogen) atoms. The van der Waals surface area contributed by atoms with E-state index < -0.39 is 96.6 Å². The van der Waals surface area contributed by atoms with E-state index in [1.807, 2.05) is 29.6 Å². The maximum absolute atomic E-state index is 16.6. The topological polar surface area (TPSA) is 134 Å². The van der Waals surface area contributed by atoms with E-state index in [0.29, 0.717) is 54.1 Å². The number of carbonyl (C=O) groups is 4. The number of hydrogen-bond acceptors (Lipinski definition) is 9. The molecule has 1 atom stereocenters. The molecule has 0 aromatic heterocycles. The van der Waals surface area contributed by atoms with Gasteiger partial charge in [-0.25, -0.2) is 8.78 Å². The molecule has 8 rings (SSSR count). The summed E-state index contributed by atoms with van der Waals surface area (Å²) in [6, 6.07) is 20.1. The number of amides is 4.